The number of urea groups is 1. The zero-order valence-electron chi connectivity index (χ0n) is 15.2. The van der Waals surface area contributed by atoms with Crippen LogP contribution in [0.15, 0.2) is 22.7 Å². The first-order valence-corrected chi connectivity index (χ1v) is 8.94. The first-order chi connectivity index (χ1) is 12.0. The van der Waals surface area contributed by atoms with E-state index in [1.54, 1.807) is 0 Å². The highest BCUT2D eigenvalue weighted by Gasteiger charge is 2.23. The van der Waals surface area contributed by atoms with Crippen LogP contribution in [0.5, 0.6) is 0 Å². The second-order valence-electron chi connectivity index (χ2n) is 6.88. The largest absolute Gasteiger partial charge is 0.340 e. The minimum Gasteiger partial charge on any atom is -0.340 e. The van der Waals surface area contributed by atoms with Crippen LogP contribution in [0.3, 0.4) is 0 Å². The lowest BCUT2D eigenvalue weighted by Crippen LogP contribution is -2.41. The van der Waals surface area contributed by atoms with Crippen molar-refractivity contribution >= 4 is 11.7 Å². The molecule has 6 heteroatoms. The topological polar surface area (TPSA) is 71.3 Å². The average molecular weight is 342 g/mol. The van der Waals surface area contributed by atoms with Crippen LogP contribution in [-0.4, -0.2) is 34.2 Å². The molecule has 0 unspecified atom stereocenters. The van der Waals surface area contributed by atoms with Crippen LogP contribution in [0.2, 0.25) is 0 Å². The van der Waals surface area contributed by atoms with E-state index in [2.05, 4.69) is 28.4 Å². The van der Waals surface area contributed by atoms with Gasteiger partial charge in [0.25, 0.3) is 0 Å². The first-order valence-electron chi connectivity index (χ1n) is 8.94. The predicted octanol–water partition coefficient (Wildman–Crippen LogP) is 3.87. The van der Waals surface area contributed by atoms with Crippen molar-refractivity contribution in [2.75, 3.05) is 18.4 Å². The van der Waals surface area contributed by atoms with Gasteiger partial charge in [-0.05, 0) is 56.2 Å². The molecule has 0 saturated carbocycles. The van der Waals surface area contributed by atoms with Gasteiger partial charge in [0.1, 0.15) is 0 Å². The van der Waals surface area contributed by atoms with E-state index in [9.17, 15) is 4.79 Å². The summed E-state index contributed by atoms with van der Waals surface area (Å²) in [6.45, 7) is 7.50. The van der Waals surface area contributed by atoms with Gasteiger partial charge in [-0.3, -0.25) is 0 Å². The smallest absolute Gasteiger partial charge is 0.321 e. The number of carbonyl (C=O) groups is 1. The Morgan fingerprint density at radius 3 is 2.72 bits per heavy atom. The number of benzene rings is 1. The molecule has 2 heterocycles. The molecule has 0 spiro atoms. The molecule has 1 fully saturated rings. The number of nitrogens with zero attached hydrogens (tertiary/aromatic N) is 3. The molecule has 2 aromatic rings. The molecule has 1 aliphatic heterocycles. The molecule has 0 radical (unpaired) electrons. The highest BCUT2D eigenvalue weighted by molar-refractivity contribution is 5.90. The van der Waals surface area contributed by atoms with Gasteiger partial charge in [0.05, 0.1) is 0 Å². The van der Waals surface area contributed by atoms with Gasteiger partial charge in [-0.2, -0.15) is 4.98 Å². The number of hydrogen-bond acceptors (Lipinski definition) is 4. The summed E-state index contributed by atoms with van der Waals surface area (Å²) in [7, 11) is 0. The molecular weight excluding hydrogens is 316 g/mol. The Hall–Kier alpha value is -2.37. The normalized spacial score (nSPS) is 15.4. The maximum absolute atomic E-state index is 12.5. The van der Waals surface area contributed by atoms with Gasteiger partial charge in [-0.15, -0.1) is 0 Å². The second kappa shape index (κ2) is 7.68. The maximum atomic E-state index is 12.5. The molecule has 0 bridgehead atoms. The summed E-state index contributed by atoms with van der Waals surface area (Å²) in [5.74, 6) is 2.02. The minimum absolute atomic E-state index is 0.000873. The summed E-state index contributed by atoms with van der Waals surface area (Å²) in [6, 6.07) is 5.99. The summed E-state index contributed by atoms with van der Waals surface area (Å²) in [5.41, 5.74) is 3.22. The van der Waals surface area contributed by atoms with Crippen molar-refractivity contribution < 1.29 is 9.32 Å². The summed E-state index contributed by atoms with van der Waals surface area (Å²) in [4.78, 5) is 18.7. The van der Waals surface area contributed by atoms with Crippen LogP contribution < -0.4 is 5.32 Å². The average Bonchev–Trinajstić information content (AvgIpc) is 3.03. The SMILES string of the molecule is Cc1nc(CCC2CCN(C(=O)Nc3cccc(C)c3C)CC2)no1. The molecular formula is C19H26N4O2. The molecule has 0 aliphatic carbocycles. The third-order valence-corrected chi connectivity index (χ3v) is 5.09. The van der Waals surface area contributed by atoms with E-state index < -0.39 is 0 Å². The van der Waals surface area contributed by atoms with Gasteiger partial charge < -0.3 is 14.7 Å². The van der Waals surface area contributed by atoms with E-state index in [0.717, 1.165) is 55.8 Å². The van der Waals surface area contributed by atoms with Crippen LogP contribution >= 0.6 is 0 Å². The van der Waals surface area contributed by atoms with Crippen molar-refractivity contribution in [3.63, 3.8) is 0 Å². The molecule has 134 valence electrons. The van der Waals surface area contributed by atoms with Gasteiger partial charge in [-0.1, -0.05) is 17.3 Å². The van der Waals surface area contributed by atoms with Crippen LogP contribution in [-0.2, 0) is 6.42 Å². The molecule has 25 heavy (non-hydrogen) atoms. The number of aromatic nitrogens is 2. The predicted molar refractivity (Wildman–Crippen MR) is 96.6 cm³/mol. The lowest BCUT2D eigenvalue weighted by atomic mass is 9.92. The number of amides is 2. The van der Waals surface area contributed by atoms with Gasteiger partial charge >= 0.3 is 6.03 Å². The monoisotopic (exact) mass is 342 g/mol. The number of nitrogens with one attached hydrogen (secondary N) is 1. The zero-order chi connectivity index (χ0) is 17.8. The fourth-order valence-electron chi connectivity index (χ4n) is 3.28. The van der Waals surface area contributed by atoms with E-state index in [-0.39, 0.29) is 6.03 Å². The number of rotatable bonds is 4. The van der Waals surface area contributed by atoms with E-state index in [0.29, 0.717) is 11.8 Å². The molecule has 6 nitrogen and oxygen atoms in total. The van der Waals surface area contributed by atoms with Gasteiger partial charge in [0.2, 0.25) is 5.89 Å². The first kappa shape index (κ1) is 17.5. The van der Waals surface area contributed by atoms with Crippen molar-refractivity contribution in [3.8, 4) is 0 Å². The molecule has 1 saturated heterocycles. The van der Waals surface area contributed by atoms with E-state index in [1.807, 2.05) is 30.9 Å². The highest BCUT2D eigenvalue weighted by Crippen LogP contribution is 2.23. The minimum atomic E-state index is 0.000873. The molecule has 3 rings (SSSR count). The van der Waals surface area contributed by atoms with Gasteiger partial charge in [-0.25, -0.2) is 4.79 Å². The van der Waals surface area contributed by atoms with E-state index in [4.69, 9.17) is 4.52 Å². The number of aryl methyl sites for hydroxylation is 3. The van der Waals surface area contributed by atoms with Crippen molar-refractivity contribution in [1.29, 1.82) is 0 Å². The van der Waals surface area contributed by atoms with Crippen LogP contribution in [0.4, 0.5) is 10.5 Å². The number of anilines is 1. The van der Waals surface area contributed by atoms with Crippen LogP contribution in [0, 0.1) is 26.7 Å². The Kier molecular flexibility index (Phi) is 5.36. The molecule has 1 aliphatic rings. The third kappa shape index (κ3) is 4.38. The fourth-order valence-corrected chi connectivity index (χ4v) is 3.28. The van der Waals surface area contributed by atoms with Crippen molar-refractivity contribution in [2.24, 2.45) is 5.92 Å². The standard InChI is InChI=1S/C19H26N4O2/c1-13-5-4-6-17(14(13)2)21-19(24)23-11-9-16(10-12-23)7-8-18-20-15(3)25-22-18/h4-6,16H,7-12H2,1-3H3,(H,21,24). The summed E-state index contributed by atoms with van der Waals surface area (Å²) < 4.78 is 5.01. The number of hydrogen-bond donors (Lipinski definition) is 1. The zero-order valence-corrected chi connectivity index (χ0v) is 15.2. The number of piperidine rings is 1. The Morgan fingerprint density at radius 2 is 2.04 bits per heavy atom. The van der Waals surface area contributed by atoms with Gasteiger partial charge in [0, 0.05) is 32.1 Å². The van der Waals surface area contributed by atoms with E-state index in [1.165, 1.54) is 5.56 Å². The Morgan fingerprint density at radius 1 is 1.28 bits per heavy atom. The maximum Gasteiger partial charge on any atom is 0.321 e. The fraction of sp³-hybridized carbons (Fsp3) is 0.526. The summed E-state index contributed by atoms with van der Waals surface area (Å²) in [6.07, 6.45) is 3.94. The van der Waals surface area contributed by atoms with E-state index >= 15 is 0 Å². The number of likely N-dealkylation sites (tertiary alicyclic amines) is 1. The lowest BCUT2D eigenvalue weighted by Gasteiger charge is -2.32. The molecule has 1 N–H and O–H groups in total. The van der Waals surface area contributed by atoms with Gasteiger partial charge in [0.15, 0.2) is 5.82 Å². The lowest BCUT2D eigenvalue weighted by molar-refractivity contribution is 0.179. The second-order valence-corrected chi connectivity index (χ2v) is 6.88. The molecule has 2 amide bonds. The highest BCUT2D eigenvalue weighted by atomic mass is 16.5. The molecule has 1 aromatic carbocycles. The van der Waals surface area contributed by atoms with Crippen molar-refractivity contribution in [2.45, 2.75) is 46.5 Å². The number of carbonyl (C=O) groups excluding carboxylic acids is 1. The Bertz CT molecular complexity index is 733. The van der Waals surface area contributed by atoms with Crippen LogP contribution in [0.1, 0.15) is 42.1 Å². The Labute approximate surface area is 148 Å². The van der Waals surface area contributed by atoms with Crippen molar-refractivity contribution in [3.05, 3.63) is 41.0 Å². The summed E-state index contributed by atoms with van der Waals surface area (Å²) in [5, 5.41) is 7.00. The molecule has 1 aromatic heterocycles. The Balaban J connectivity index is 1.46. The van der Waals surface area contributed by atoms with Crippen molar-refractivity contribution in [1.82, 2.24) is 15.0 Å². The third-order valence-electron chi connectivity index (χ3n) is 5.09. The molecule has 0 atom stereocenters. The van der Waals surface area contributed by atoms with Crippen LogP contribution in [0.25, 0.3) is 0 Å². The summed E-state index contributed by atoms with van der Waals surface area (Å²) >= 11 is 0. The quantitative estimate of drug-likeness (QED) is 0.915.